The minimum Gasteiger partial charge on any atom is -0.496 e. The Labute approximate surface area is 255 Å². The molecule has 2 heterocycles. The van der Waals surface area contributed by atoms with E-state index in [0.717, 1.165) is 34.2 Å². The molecule has 0 aliphatic carbocycles. The first kappa shape index (κ1) is 30.6. The molecule has 0 radical (unpaired) electrons. The highest BCUT2D eigenvalue weighted by Crippen LogP contribution is 2.37. The molecule has 0 bridgehead atoms. The maximum atomic E-state index is 15.6. The second kappa shape index (κ2) is 12.8. The Morgan fingerprint density at radius 1 is 1.05 bits per heavy atom. The minimum atomic E-state index is -0.537. The first-order chi connectivity index (χ1) is 21.1. The Bertz CT molecular complexity index is 1800. The van der Waals surface area contributed by atoms with Gasteiger partial charge in [0.1, 0.15) is 17.1 Å². The second-order valence-corrected chi connectivity index (χ2v) is 11.1. The van der Waals surface area contributed by atoms with Crippen molar-refractivity contribution in [3.05, 3.63) is 99.5 Å². The van der Waals surface area contributed by atoms with Crippen molar-refractivity contribution in [3.63, 3.8) is 0 Å². The third-order valence-corrected chi connectivity index (χ3v) is 8.44. The van der Waals surface area contributed by atoms with Gasteiger partial charge in [-0.05, 0) is 71.8 Å². The molecule has 2 amide bonds. The van der Waals surface area contributed by atoms with Crippen LogP contribution in [0.1, 0.15) is 39.9 Å². The maximum absolute atomic E-state index is 15.6. The average molecular weight is 598 g/mol. The zero-order valence-corrected chi connectivity index (χ0v) is 25.5. The fourth-order valence-electron chi connectivity index (χ4n) is 5.74. The Hall–Kier alpha value is -4.83. The third kappa shape index (κ3) is 5.98. The quantitative estimate of drug-likeness (QED) is 0.286. The lowest BCUT2D eigenvalue weighted by molar-refractivity contribution is -0.127. The van der Waals surface area contributed by atoms with Crippen molar-refractivity contribution in [2.24, 2.45) is 7.05 Å². The summed E-state index contributed by atoms with van der Waals surface area (Å²) in [7, 11) is 4.87. The molecule has 2 N–H and O–H groups in total. The van der Waals surface area contributed by atoms with Gasteiger partial charge in [0.2, 0.25) is 5.91 Å². The summed E-state index contributed by atoms with van der Waals surface area (Å²) in [6.45, 7) is 4.73. The van der Waals surface area contributed by atoms with Crippen LogP contribution < -0.4 is 20.9 Å². The van der Waals surface area contributed by atoms with Crippen LogP contribution in [0.2, 0.25) is 0 Å². The molecule has 1 aliphatic rings. The summed E-state index contributed by atoms with van der Waals surface area (Å²) in [5, 5.41) is 6.14. The smallest absolute Gasteiger partial charge is 0.265 e. The highest BCUT2D eigenvalue weighted by molar-refractivity contribution is 6.04. The van der Waals surface area contributed by atoms with Crippen molar-refractivity contribution in [2.75, 3.05) is 26.0 Å². The van der Waals surface area contributed by atoms with Crippen LogP contribution in [0.4, 0.5) is 10.1 Å². The monoisotopic (exact) mass is 597 g/mol. The van der Waals surface area contributed by atoms with Gasteiger partial charge in [-0.25, -0.2) is 9.37 Å². The zero-order chi connectivity index (χ0) is 31.5. The number of amides is 2. The molecule has 228 valence electrons. The number of anilines is 1. The first-order valence-electron chi connectivity index (χ1n) is 14.5. The SMILES string of the molecule is COc1cc(-c2cccc(-c3cccc(NC(=O)c4cncn(C)c4=O)c3C)c2C)cc(F)c1CNC[C@@H]1CCC(=O)N1C. The van der Waals surface area contributed by atoms with Gasteiger partial charge in [-0.2, -0.15) is 0 Å². The molecule has 3 aromatic carbocycles. The highest BCUT2D eigenvalue weighted by Gasteiger charge is 2.27. The number of carbonyl (C=O) groups is 2. The van der Waals surface area contributed by atoms with Crippen LogP contribution in [0.25, 0.3) is 22.3 Å². The number of aromatic nitrogens is 2. The van der Waals surface area contributed by atoms with Gasteiger partial charge < -0.3 is 24.8 Å². The van der Waals surface area contributed by atoms with Crippen LogP contribution in [0.3, 0.4) is 0 Å². The van der Waals surface area contributed by atoms with Crippen molar-refractivity contribution in [3.8, 4) is 28.0 Å². The van der Waals surface area contributed by atoms with E-state index in [4.69, 9.17) is 4.74 Å². The largest absolute Gasteiger partial charge is 0.496 e. The number of likely N-dealkylation sites (tertiary alicyclic amines) is 1. The van der Waals surface area contributed by atoms with Crippen LogP contribution in [0, 0.1) is 19.7 Å². The Balaban J connectivity index is 1.41. The highest BCUT2D eigenvalue weighted by atomic mass is 19.1. The number of nitrogens with zero attached hydrogens (tertiary/aromatic N) is 3. The number of likely N-dealkylation sites (N-methyl/N-ethyl adjacent to an activating group) is 1. The number of rotatable bonds is 9. The maximum Gasteiger partial charge on any atom is 0.265 e. The van der Waals surface area contributed by atoms with Gasteiger partial charge in [0, 0.05) is 57.1 Å². The molecule has 1 fully saturated rings. The summed E-state index contributed by atoms with van der Waals surface area (Å²) in [6, 6.07) is 14.9. The van der Waals surface area contributed by atoms with Crippen molar-refractivity contribution in [1.82, 2.24) is 19.8 Å². The van der Waals surface area contributed by atoms with E-state index in [1.165, 1.54) is 30.3 Å². The summed E-state index contributed by atoms with van der Waals surface area (Å²) in [6.07, 6.45) is 3.94. The normalized spacial score (nSPS) is 14.6. The van der Waals surface area contributed by atoms with E-state index in [9.17, 15) is 14.4 Å². The molecule has 10 heteroatoms. The molecule has 1 atom stereocenters. The predicted octanol–water partition coefficient (Wildman–Crippen LogP) is 4.84. The molecule has 1 aliphatic heterocycles. The van der Waals surface area contributed by atoms with Gasteiger partial charge in [0.15, 0.2) is 0 Å². The number of hydrogen-bond acceptors (Lipinski definition) is 6. The van der Waals surface area contributed by atoms with Crippen molar-refractivity contribution in [1.29, 1.82) is 0 Å². The fourth-order valence-corrected chi connectivity index (χ4v) is 5.74. The van der Waals surface area contributed by atoms with Gasteiger partial charge in [-0.15, -0.1) is 0 Å². The summed E-state index contributed by atoms with van der Waals surface area (Å²) in [4.78, 5) is 42.9. The molecule has 9 nitrogen and oxygen atoms in total. The standard InChI is InChI=1S/C34H36FN5O4/c1-20-24(22-14-29(35)27(31(15-22)44-5)17-36-16-23-12-13-32(41)40(23)4)8-6-9-25(20)26-10-7-11-30(21(26)2)38-33(42)28-18-37-19-39(3)34(28)43/h6-11,14-15,18-19,23,36H,12-13,16-17H2,1-5H3,(H,38,42)/t23-/m0/s1. The molecular weight excluding hydrogens is 561 g/mol. The number of ether oxygens (including phenoxy) is 1. The van der Waals surface area contributed by atoms with Gasteiger partial charge >= 0.3 is 0 Å². The Morgan fingerprint density at radius 3 is 2.45 bits per heavy atom. The van der Waals surface area contributed by atoms with Crippen LogP contribution in [0.15, 0.2) is 65.8 Å². The summed E-state index contributed by atoms with van der Waals surface area (Å²) in [5.74, 6) is -0.345. The fraction of sp³-hybridized carbons (Fsp3) is 0.294. The number of hydrogen-bond donors (Lipinski definition) is 2. The lowest BCUT2D eigenvalue weighted by Gasteiger charge is -2.21. The summed E-state index contributed by atoms with van der Waals surface area (Å²) in [5.41, 5.74) is 5.62. The molecule has 5 rings (SSSR count). The molecule has 0 saturated carbocycles. The van der Waals surface area contributed by atoms with Crippen LogP contribution >= 0.6 is 0 Å². The number of benzene rings is 3. The molecule has 1 aromatic heterocycles. The number of aryl methyl sites for hydroxylation is 1. The van der Waals surface area contributed by atoms with Gasteiger partial charge in [0.25, 0.3) is 11.5 Å². The average Bonchev–Trinajstić information content (AvgIpc) is 3.32. The van der Waals surface area contributed by atoms with E-state index in [-0.39, 0.29) is 29.9 Å². The summed E-state index contributed by atoms with van der Waals surface area (Å²) >= 11 is 0. The topological polar surface area (TPSA) is 106 Å². The Kier molecular flexibility index (Phi) is 8.91. The Morgan fingerprint density at radius 2 is 1.75 bits per heavy atom. The van der Waals surface area contributed by atoms with Gasteiger partial charge in [-0.3, -0.25) is 14.4 Å². The predicted molar refractivity (Wildman–Crippen MR) is 168 cm³/mol. The number of nitrogens with one attached hydrogen (secondary N) is 2. The van der Waals surface area contributed by atoms with E-state index in [1.807, 2.05) is 50.2 Å². The van der Waals surface area contributed by atoms with Gasteiger partial charge in [-0.1, -0.05) is 30.3 Å². The van der Waals surface area contributed by atoms with Crippen molar-refractivity contribution >= 4 is 17.5 Å². The summed E-state index contributed by atoms with van der Waals surface area (Å²) < 4.78 is 22.4. The van der Waals surface area contributed by atoms with E-state index < -0.39 is 11.5 Å². The van der Waals surface area contributed by atoms with Crippen LogP contribution in [-0.2, 0) is 18.4 Å². The molecule has 1 saturated heterocycles. The number of methoxy groups -OCH3 is 1. The lowest BCUT2D eigenvalue weighted by Crippen LogP contribution is -2.37. The number of halogens is 1. The molecule has 0 unspecified atom stereocenters. The lowest BCUT2D eigenvalue weighted by atomic mass is 9.90. The van der Waals surface area contributed by atoms with Crippen LogP contribution in [-0.4, -0.2) is 53.0 Å². The molecule has 0 spiro atoms. The first-order valence-corrected chi connectivity index (χ1v) is 14.5. The van der Waals surface area contributed by atoms with E-state index in [1.54, 1.807) is 25.1 Å². The number of carbonyl (C=O) groups excluding carboxylic acids is 2. The third-order valence-electron chi connectivity index (χ3n) is 8.44. The minimum absolute atomic E-state index is 0.0476. The van der Waals surface area contributed by atoms with E-state index in [2.05, 4.69) is 15.6 Å². The van der Waals surface area contributed by atoms with Gasteiger partial charge in [0.05, 0.1) is 13.4 Å². The van der Waals surface area contributed by atoms with E-state index in [0.29, 0.717) is 35.5 Å². The zero-order valence-electron chi connectivity index (χ0n) is 25.5. The van der Waals surface area contributed by atoms with Crippen molar-refractivity contribution < 1.29 is 18.7 Å². The molecular formula is C34H36FN5O4. The second-order valence-electron chi connectivity index (χ2n) is 11.1. The molecule has 4 aromatic rings. The van der Waals surface area contributed by atoms with Crippen molar-refractivity contribution in [2.45, 2.75) is 39.3 Å². The molecule has 44 heavy (non-hydrogen) atoms. The van der Waals surface area contributed by atoms with Crippen LogP contribution in [0.5, 0.6) is 5.75 Å². The van der Waals surface area contributed by atoms with E-state index >= 15 is 4.39 Å².